The molecular weight excluding hydrogens is 394 g/mol. The molecule has 1 aliphatic rings. The zero-order valence-electron chi connectivity index (χ0n) is 16.0. The molecule has 1 N–H and O–H groups in total. The zero-order valence-corrected chi connectivity index (χ0v) is 16.8. The van der Waals surface area contributed by atoms with Gasteiger partial charge in [-0.2, -0.15) is 0 Å². The predicted octanol–water partition coefficient (Wildman–Crippen LogP) is 2.56. The highest BCUT2D eigenvalue weighted by atomic mass is 32.2. The standard InChI is InChI=1S/C18H24F2N2O5S/c1-18(2,3)27-17(24)22-8-6-12(7-9-22)16(23)21-28(25,26)11-13-4-5-14(19)10-15(13)20/h4-5,10,12H,6-9,11H2,1-3H3,(H,21,23). The molecule has 1 aromatic carbocycles. The zero-order chi connectivity index (χ0) is 21.1. The number of hydrogen-bond donors (Lipinski definition) is 1. The molecule has 10 heteroatoms. The van der Waals surface area contributed by atoms with E-state index in [9.17, 15) is 26.8 Å². The quantitative estimate of drug-likeness (QED) is 0.811. The highest BCUT2D eigenvalue weighted by molar-refractivity contribution is 7.89. The van der Waals surface area contributed by atoms with Crippen LogP contribution >= 0.6 is 0 Å². The second-order valence-electron chi connectivity index (χ2n) is 7.70. The molecule has 1 aliphatic heterocycles. The van der Waals surface area contributed by atoms with Crippen molar-refractivity contribution in [1.29, 1.82) is 0 Å². The highest BCUT2D eigenvalue weighted by Crippen LogP contribution is 2.20. The van der Waals surface area contributed by atoms with Gasteiger partial charge in [0.2, 0.25) is 15.9 Å². The third kappa shape index (κ3) is 6.43. The van der Waals surface area contributed by atoms with Gasteiger partial charge in [-0.05, 0) is 39.7 Å². The monoisotopic (exact) mass is 418 g/mol. The summed E-state index contributed by atoms with van der Waals surface area (Å²) >= 11 is 0. The molecule has 156 valence electrons. The van der Waals surface area contributed by atoms with Crippen LogP contribution in [0.25, 0.3) is 0 Å². The Balaban J connectivity index is 1.90. The summed E-state index contributed by atoms with van der Waals surface area (Å²) < 4.78 is 58.0. The Bertz CT molecular complexity index is 844. The van der Waals surface area contributed by atoms with Gasteiger partial charge in [-0.1, -0.05) is 6.07 Å². The lowest BCUT2D eigenvalue weighted by atomic mass is 9.97. The molecule has 1 heterocycles. The number of piperidine rings is 1. The van der Waals surface area contributed by atoms with Crippen molar-refractivity contribution in [3.8, 4) is 0 Å². The van der Waals surface area contributed by atoms with Crippen LogP contribution in [-0.4, -0.2) is 44.0 Å². The minimum Gasteiger partial charge on any atom is -0.444 e. The summed E-state index contributed by atoms with van der Waals surface area (Å²) in [6.07, 6.45) is 0.0857. The van der Waals surface area contributed by atoms with Gasteiger partial charge in [-0.3, -0.25) is 9.52 Å². The van der Waals surface area contributed by atoms with Crippen LogP contribution in [0.4, 0.5) is 13.6 Å². The van der Waals surface area contributed by atoms with Crippen molar-refractivity contribution in [3.63, 3.8) is 0 Å². The minimum atomic E-state index is -4.14. The molecule has 0 atom stereocenters. The summed E-state index contributed by atoms with van der Waals surface area (Å²) in [6.45, 7) is 5.78. The van der Waals surface area contributed by atoms with Crippen LogP contribution in [0.5, 0.6) is 0 Å². The summed E-state index contributed by atoms with van der Waals surface area (Å²) in [5.41, 5.74) is -0.865. The van der Waals surface area contributed by atoms with Crippen LogP contribution in [0.2, 0.25) is 0 Å². The number of nitrogens with zero attached hydrogens (tertiary/aromatic N) is 1. The van der Waals surface area contributed by atoms with Crippen LogP contribution in [0.15, 0.2) is 18.2 Å². The Hall–Kier alpha value is -2.23. The van der Waals surface area contributed by atoms with E-state index in [-0.39, 0.29) is 31.5 Å². The van der Waals surface area contributed by atoms with Gasteiger partial charge >= 0.3 is 6.09 Å². The van der Waals surface area contributed by atoms with Crippen LogP contribution < -0.4 is 4.72 Å². The normalized spacial score (nSPS) is 16.0. The van der Waals surface area contributed by atoms with E-state index in [0.717, 1.165) is 12.1 Å². The lowest BCUT2D eigenvalue weighted by molar-refractivity contribution is -0.124. The van der Waals surface area contributed by atoms with E-state index in [1.54, 1.807) is 20.8 Å². The Morgan fingerprint density at radius 1 is 1.21 bits per heavy atom. The molecule has 0 radical (unpaired) electrons. The number of halogens is 2. The van der Waals surface area contributed by atoms with E-state index in [4.69, 9.17) is 4.74 Å². The number of benzene rings is 1. The van der Waals surface area contributed by atoms with Crippen LogP contribution in [0.3, 0.4) is 0 Å². The van der Waals surface area contributed by atoms with Gasteiger partial charge in [0.25, 0.3) is 0 Å². The maximum absolute atomic E-state index is 13.6. The fourth-order valence-corrected chi connectivity index (χ4v) is 3.96. The predicted molar refractivity (Wildman–Crippen MR) is 97.7 cm³/mol. The Morgan fingerprint density at radius 3 is 2.36 bits per heavy atom. The summed E-state index contributed by atoms with van der Waals surface area (Å²) in [7, 11) is -4.14. The van der Waals surface area contributed by atoms with Gasteiger partial charge in [0, 0.05) is 30.6 Å². The van der Waals surface area contributed by atoms with Gasteiger partial charge in [0.15, 0.2) is 0 Å². The van der Waals surface area contributed by atoms with Crippen LogP contribution in [0, 0.1) is 17.6 Å². The van der Waals surface area contributed by atoms with Gasteiger partial charge in [-0.25, -0.2) is 22.0 Å². The van der Waals surface area contributed by atoms with Gasteiger partial charge in [-0.15, -0.1) is 0 Å². The van der Waals surface area contributed by atoms with E-state index >= 15 is 0 Å². The average Bonchev–Trinajstić information content (AvgIpc) is 2.55. The maximum Gasteiger partial charge on any atom is 0.410 e. The summed E-state index contributed by atoms with van der Waals surface area (Å²) in [5, 5.41) is 0. The largest absolute Gasteiger partial charge is 0.444 e. The molecule has 2 rings (SSSR count). The van der Waals surface area contributed by atoms with Crippen molar-refractivity contribution in [2.75, 3.05) is 13.1 Å². The number of hydrogen-bond acceptors (Lipinski definition) is 5. The van der Waals surface area contributed by atoms with Gasteiger partial charge in [0.1, 0.15) is 17.2 Å². The van der Waals surface area contributed by atoms with E-state index in [0.29, 0.717) is 6.07 Å². The average molecular weight is 418 g/mol. The van der Waals surface area contributed by atoms with Crippen molar-refractivity contribution in [2.24, 2.45) is 5.92 Å². The number of amides is 2. The van der Waals surface area contributed by atoms with Crippen LogP contribution in [0.1, 0.15) is 39.2 Å². The summed E-state index contributed by atoms with van der Waals surface area (Å²) in [6, 6.07) is 2.55. The lowest BCUT2D eigenvalue weighted by Crippen LogP contribution is -2.45. The third-order valence-corrected chi connectivity index (χ3v) is 5.34. The first-order valence-corrected chi connectivity index (χ1v) is 10.5. The molecule has 0 unspecified atom stereocenters. The number of nitrogens with one attached hydrogen (secondary N) is 1. The smallest absolute Gasteiger partial charge is 0.410 e. The number of ether oxygens (including phenoxy) is 1. The molecule has 0 spiro atoms. The summed E-state index contributed by atoms with van der Waals surface area (Å²) in [5.74, 6) is -3.89. The minimum absolute atomic E-state index is 0.235. The molecule has 0 aliphatic carbocycles. The first-order chi connectivity index (χ1) is 12.9. The van der Waals surface area contributed by atoms with Crippen molar-refractivity contribution in [2.45, 2.75) is 45.0 Å². The highest BCUT2D eigenvalue weighted by Gasteiger charge is 2.31. The van der Waals surface area contributed by atoms with E-state index in [1.165, 1.54) is 4.90 Å². The summed E-state index contributed by atoms with van der Waals surface area (Å²) in [4.78, 5) is 25.8. The van der Waals surface area contributed by atoms with Gasteiger partial charge < -0.3 is 9.64 Å². The number of sulfonamides is 1. The number of carbonyl (C=O) groups excluding carboxylic acids is 2. The molecule has 2 amide bonds. The maximum atomic E-state index is 13.6. The van der Waals surface area contributed by atoms with Crippen molar-refractivity contribution in [3.05, 3.63) is 35.4 Å². The van der Waals surface area contributed by atoms with E-state index < -0.39 is 50.9 Å². The third-order valence-electron chi connectivity index (χ3n) is 4.13. The second-order valence-corrected chi connectivity index (χ2v) is 9.43. The first-order valence-electron chi connectivity index (χ1n) is 8.82. The number of rotatable bonds is 4. The second kappa shape index (κ2) is 8.42. The fourth-order valence-electron chi connectivity index (χ4n) is 2.77. The van der Waals surface area contributed by atoms with Gasteiger partial charge in [0.05, 0.1) is 5.75 Å². The van der Waals surface area contributed by atoms with Crippen LogP contribution in [-0.2, 0) is 25.3 Å². The Morgan fingerprint density at radius 2 is 1.82 bits per heavy atom. The molecule has 1 saturated heterocycles. The molecule has 0 saturated carbocycles. The molecule has 0 bridgehead atoms. The molecule has 28 heavy (non-hydrogen) atoms. The molecule has 1 fully saturated rings. The topological polar surface area (TPSA) is 92.8 Å². The van der Waals surface area contributed by atoms with E-state index in [1.807, 2.05) is 4.72 Å². The lowest BCUT2D eigenvalue weighted by Gasteiger charge is -2.32. The molecule has 0 aromatic heterocycles. The van der Waals surface area contributed by atoms with Crippen molar-refractivity contribution in [1.82, 2.24) is 9.62 Å². The van der Waals surface area contributed by atoms with E-state index in [2.05, 4.69) is 0 Å². The number of carbonyl (C=O) groups is 2. The first kappa shape index (κ1) is 22.1. The Labute approximate surface area is 163 Å². The van der Waals surface area contributed by atoms with Crippen molar-refractivity contribution >= 4 is 22.0 Å². The number of likely N-dealkylation sites (tertiary alicyclic amines) is 1. The fraction of sp³-hybridized carbons (Fsp3) is 0.556. The Kier molecular flexibility index (Phi) is 6.63. The molecular formula is C18H24F2N2O5S. The SMILES string of the molecule is CC(C)(C)OC(=O)N1CCC(C(=O)NS(=O)(=O)Cc2ccc(F)cc2F)CC1. The van der Waals surface area contributed by atoms with Crippen molar-refractivity contribution < 1.29 is 31.5 Å². The molecule has 1 aromatic rings. The molecule has 7 nitrogen and oxygen atoms in total.